The quantitative estimate of drug-likeness (QED) is 0.848. The number of piperidine rings is 1. The van der Waals surface area contributed by atoms with Gasteiger partial charge in [-0.1, -0.05) is 0 Å². The molecule has 1 aromatic rings. The molecule has 1 aliphatic rings. The Morgan fingerprint density at radius 3 is 2.73 bits per heavy atom. The third-order valence-electron chi connectivity index (χ3n) is 2.81. The van der Waals surface area contributed by atoms with E-state index in [0.29, 0.717) is 5.78 Å². The van der Waals surface area contributed by atoms with Crippen LogP contribution in [0.5, 0.6) is 0 Å². The van der Waals surface area contributed by atoms with Crippen molar-refractivity contribution in [2.24, 2.45) is 5.92 Å². The van der Waals surface area contributed by atoms with Crippen molar-refractivity contribution in [3.8, 4) is 0 Å². The summed E-state index contributed by atoms with van der Waals surface area (Å²) in [6.07, 6.45) is 1.96. The van der Waals surface area contributed by atoms with Gasteiger partial charge in [-0.25, -0.2) is 0 Å². The van der Waals surface area contributed by atoms with Crippen molar-refractivity contribution in [2.45, 2.75) is 19.8 Å². The van der Waals surface area contributed by atoms with Gasteiger partial charge in [0.1, 0.15) is 0 Å². The Balaban J connectivity index is 2.12. The smallest absolute Gasteiger partial charge is 0.175 e. The van der Waals surface area contributed by atoms with Crippen LogP contribution in [0.25, 0.3) is 0 Å². The van der Waals surface area contributed by atoms with Crippen molar-refractivity contribution in [3.05, 3.63) is 20.3 Å². The first-order chi connectivity index (χ1) is 7.18. The summed E-state index contributed by atoms with van der Waals surface area (Å²) in [6, 6.07) is 1.96. The molecule has 1 fully saturated rings. The summed E-state index contributed by atoms with van der Waals surface area (Å²) >= 11 is 5.05. The normalized spacial score (nSPS) is 18.0. The average Bonchev–Trinajstić information content (AvgIpc) is 2.59. The molecule has 2 heterocycles. The fraction of sp³-hybridized carbons (Fsp3) is 0.545. The molecule has 0 bridgehead atoms. The lowest BCUT2D eigenvalue weighted by molar-refractivity contribution is 0.0899. The third-order valence-corrected chi connectivity index (χ3v) is 4.96. The zero-order chi connectivity index (χ0) is 10.8. The molecule has 82 valence electrons. The molecule has 1 saturated heterocycles. The van der Waals surface area contributed by atoms with Crippen molar-refractivity contribution >= 4 is 33.0 Å². The molecular weight excluding hydrogens is 274 g/mol. The maximum Gasteiger partial charge on any atom is 0.175 e. The third kappa shape index (κ3) is 2.49. The van der Waals surface area contributed by atoms with E-state index in [4.69, 9.17) is 0 Å². The average molecular weight is 288 g/mol. The van der Waals surface area contributed by atoms with E-state index in [1.165, 1.54) is 4.88 Å². The molecule has 1 aromatic heterocycles. The Bertz CT molecular complexity index is 349. The maximum atomic E-state index is 12.1. The second-order valence-corrected chi connectivity index (χ2v) is 6.01. The molecule has 1 N–H and O–H groups in total. The van der Waals surface area contributed by atoms with Crippen LogP contribution >= 0.6 is 27.3 Å². The Morgan fingerprint density at radius 1 is 1.53 bits per heavy atom. The van der Waals surface area contributed by atoms with E-state index in [-0.39, 0.29) is 5.92 Å². The lowest BCUT2D eigenvalue weighted by atomic mass is 9.93. The van der Waals surface area contributed by atoms with E-state index in [0.717, 1.165) is 35.3 Å². The monoisotopic (exact) mass is 287 g/mol. The standard InChI is InChI=1S/C11H14BrNOS/c1-7-9(12)6-10(15-7)11(14)8-2-4-13-5-3-8/h6,8,13H,2-5H2,1H3. The number of Topliss-reactive ketones (excluding diaryl/α,β-unsaturated/α-hetero) is 1. The first kappa shape index (κ1) is 11.3. The van der Waals surface area contributed by atoms with Gasteiger partial charge in [0.05, 0.1) is 4.88 Å². The molecule has 1 aliphatic heterocycles. The van der Waals surface area contributed by atoms with Crippen LogP contribution in [0.3, 0.4) is 0 Å². The topological polar surface area (TPSA) is 29.1 Å². The molecule has 2 rings (SSSR count). The lowest BCUT2D eigenvalue weighted by Gasteiger charge is -2.20. The number of carbonyl (C=O) groups excluding carboxylic acids is 1. The zero-order valence-corrected chi connectivity index (χ0v) is 11.1. The van der Waals surface area contributed by atoms with Crippen molar-refractivity contribution in [3.63, 3.8) is 0 Å². The van der Waals surface area contributed by atoms with E-state index < -0.39 is 0 Å². The van der Waals surface area contributed by atoms with Gasteiger partial charge in [-0.2, -0.15) is 0 Å². The van der Waals surface area contributed by atoms with Crippen LogP contribution in [0.4, 0.5) is 0 Å². The number of hydrogen-bond donors (Lipinski definition) is 1. The van der Waals surface area contributed by atoms with Crippen LogP contribution in [-0.2, 0) is 0 Å². The first-order valence-electron chi connectivity index (χ1n) is 5.19. The molecule has 0 spiro atoms. The molecule has 0 atom stereocenters. The minimum atomic E-state index is 0.233. The van der Waals surface area contributed by atoms with Gasteiger partial charge in [0.2, 0.25) is 0 Å². The molecule has 2 nitrogen and oxygen atoms in total. The molecule has 0 unspecified atom stereocenters. The minimum absolute atomic E-state index is 0.233. The molecule has 0 saturated carbocycles. The molecular formula is C11H14BrNOS. The number of hydrogen-bond acceptors (Lipinski definition) is 3. The van der Waals surface area contributed by atoms with Gasteiger partial charge in [0.25, 0.3) is 0 Å². The summed E-state index contributed by atoms with van der Waals surface area (Å²) in [5.41, 5.74) is 0. The zero-order valence-electron chi connectivity index (χ0n) is 8.68. The van der Waals surface area contributed by atoms with Crippen molar-refractivity contribution in [1.29, 1.82) is 0 Å². The number of rotatable bonds is 2. The highest BCUT2D eigenvalue weighted by Crippen LogP contribution is 2.29. The number of nitrogens with one attached hydrogen (secondary N) is 1. The summed E-state index contributed by atoms with van der Waals surface area (Å²) in [5.74, 6) is 0.562. The van der Waals surface area contributed by atoms with E-state index in [1.54, 1.807) is 11.3 Å². The molecule has 0 amide bonds. The Hall–Kier alpha value is -0.190. The second-order valence-electron chi connectivity index (χ2n) is 3.90. The fourth-order valence-corrected chi connectivity index (χ4v) is 3.42. The highest BCUT2D eigenvalue weighted by molar-refractivity contribution is 9.10. The van der Waals surface area contributed by atoms with Gasteiger partial charge in [0.15, 0.2) is 5.78 Å². The maximum absolute atomic E-state index is 12.1. The van der Waals surface area contributed by atoms with Gasteiger partial charge in [-0.3, -0.25) is 4.79 Å². The Labute approximate surface area is 102 Å². The predicted molar refractivity (Wildman–Crippen MR) is 66.7 cm³/mol. The summed E-state index contributed by atoms with van der Waals surface area (Å²) in [6.45, 7) is 3.98. The van der Waals surface area contributed by atoms with Crippen LogP contribution in [0, 0.1) is 12.8 Å². The largest absolute Gasteiger partial charge is 0.317 e. The Morgan fingerprint density at radius 2 is 2.20 bits per heavy atom. The minimum Gasteiger partial charge on any atom is -0.317 e. The van der Waals surface area contributed by atoms with E-state index in [1.807, 2.05) is 13.0 Å². The highest BCUT2D eigenvalue weighted by Gasteiger charge is 2.23. The summed E-state index contributed by atoms with van der Waals surface area (Å²) in [7, 11) is 0. The number of halogens is 1. The molecule has 4 heteroatoms. The summed E-state index contributed by atoms with van der Waals surface area (Å²) in [4.78, 5) is 14.2. The summed E-state index contributed by atoms with van der Waals surface area (Å²) < 4.78 is 1.06. The van der Waals surface area contributed by atoms with Crippen LogP contribution in [-0.4, -0.2) is 18.9 Å². The van der Waals surface area contributed by atoms with E-state index in [9.17, 15) is 4.79 Å². The highest BCUT2D eigenvalue weighted by atomic mass is 79.9. The van der Waals surface area contributed by atoms with Crippen LogP contribution in [0.1, 0.15) is 27.4 Å². The SMILES string of the molecule is Cc1sc(C(=O)C2CCNCC2)cc1Br. The van der Waals surface area contributed by atoms with Crippen molar-refractivity contribution in [1.82, 2.24) is 5.32 Å². The van der Waals surface area contributed by atoms with Crippen LogP contribution < -0.4 is 5.32 Å². The number of thiophene rings is 1. The van der Waals surface area contributed by atoms with Gasteiger partial charge >= 0.3 is 0 Å². The molecule has 0 aliphatic carbocycles. The van der Waals surface area contributed by atoms with E-state index in [2.05, 4.69) is 21.2 Å². The predicted octanol–water partition coefficient (Wildman–Crippen LogP) is 3.00. The molecule has 15 heavy (non-hydrogen) atoms. The van der Waals surface area contributed by atoms with Crippen LogP contribution in [0.2, 0.25) is 0 Å². The second kappa shape index (κ2) is 4.76. The number of aryl methyl sites for hydroxylation is 1. The fourth-order valence-electron chi connectivity index (χ4n) is 1.87. The van der Waals surface area contributed by atoms with Gasteiger partial charge < -0.3 is 5.32 Å². The van der Waals surface area contributed by atoms with Crippen LogP contribution in [0.15, 0.2) is 10.5 Å². The van der Waals surface area contributed by atoms with Crippen molar-refractivity contribution in [2.75, 3.05) is 13.1 Å². The number of ketones is 1. The van der Waals surface area contributed by atoms with Gasteiger partial charge in [-0.15, -0.1) is 11.3 Å². The summed E-state index contributed by atoms with van der Waals surface area (Å²) in [5, 5.41) is 3.28. The number of carbonyl (C=O) groups is 1. The van der Waals surface area contributed by atoms with Gasteiger partial charge in [-0.05, 0) is 54.9 Å². The van der Waals surface area contributed by atoms with Gasteiger partial charge in [0, 0.05) is 15.3 Å². The Kier molecular flexibility index (Phi) is 3.59. The van der Waals surface area contributed by atoms with Crippen molar-refractivity contribution < 1.29 is 4.79 Å². The lowest BCUT2D eigenvalue weighted by Crippen LogP contribution is -2.31. The van der Waals surface area contributed by atoms with E-state index >= 15 is 0 Å². The molecule has 0 radical (unpaired) electrons. The first-order valence-corrected chi connectivity index (χ1v) is 6.80. The molecule has 0 aromatic carbocycles.